The van der Waals surface area contributed by atoms with E-state index >= 15 is 0 Å². The molecule has 1 heterocycles. The van der Waals surface area contributed by atoms with E-state index in [0.29, 0.717) is 5.13 Å². The van der Waals surface area contributed by atoms with Gasteiger partial charge in [-0.05, 0) is 17.7 Å². The number of nitro groups is 1. The summed E-state index contributed by atoms with van der Waals surface area (Å²) in [6, 6.07) is 6.39. The first-order valence-corrected chi connectivity index (χ1v) is 6.29. The zero-order valence-corrected chi connectivity index (χ0v) is 11.3. The van der Waals surface area contributed by atoms with E-state index in [2.05, 4.69) is 9.98 Å². The van der Waals surface area contributed by atoms with Gasteiger partial charge < -0.3 is 4.90 Å². The molecule has 0 atom stereocenters. The normalized spacial score (nSPS) is 10.8. The summed E-state index contributed by atoms with van der Waals surface area (Å²) in [5.74, 6) is 0. The summed E-state index contributed by atoms with van der Waals surface area (Å²) in [4.78, 5) is 21.3. The van der Waals surface area contributed by atoms with Crippen LogP contribution < -0.4 is 0 Å². The van der Waals surface area contributed by atoms with Crippen LogP contribution in [0.2, 0.25) is 0 Å². The van der Waals surface area contributed by atoms with Crippen LogP contribution in [0.25, 0.3) is 10.4 Å². The number of non-ortho nitro benzene ring substituents is 1. The number of hydrogen-bond acceptors (Lipinski definition) is 5. The number of aromatic nitrogens is 1. The third-order valence-corrected chi connectivity index (χ3v) is 3.21. The molecule has 0 aliphatic carbocycles. The fraction of sp³-hybridized carbons (Fsp3) is 0.167. The van der Waals surface area contributed by atoms with Crippen LogP contribution in [0.4, 0.5) is 10.8 Å². The molecule has 0 saturated heterocycles. The van der Waals surface area contributed by atoms with E-state index < -0.39 is 4.92 Å². The molecule has 2 rings (SSSR count). The Kier molecular flexibility index (Phi) is 3.86. The van der Waals surface area contributed by atoms with Crippen molar-refractivity contribution in [1.82, 2.24) is 9.88 Å². The maximum absolute atomic E-state index is 10.6. The predicted octanol–water partition coefficient (Wildman–Crippen LogP) is 2.94. The predicted molar refractivity (Wildman–Crippen MR) is 76.0 cm³/mol. The van der Waals surface area contributed by atoms with E-state index in [1.54, 1.807) is 24.7 Å². The minimum absolute atomic E-state index is 0.0825. The molecule has 1 aromatic carbocycles. The van der Waals surface area contributed by atoms with Crippen molar-refractivity contribution in [3.63, 3.8) is 0 Å². The van der Waals surface area contributed by atoms with Gasteiger partial charge in [-0.15, -0.1) is 0 Å². The fourth-order valence-electron chi connectivity index (χ4n) is 1.37. The van der Waals surface area contributed by atoms with Crippen molar-refractivity contribution in [3.05, 3.63) is 40.6 Å². The van der Waals surface area contributed by atoms with Gasteiger partial charge in [0.15, 0.2) is 0 Å². The number of rotatable bonds is 4. The van der Waals surface area contributed by atoms with E-state index in [0.717, 1.165) is 10.4 Å². The van der Waals surface area contributed by atoms with E-state index in [-0.39, 0.29) is 5.69 Å². The number of nitro benzene ring substituents is 1. The Balaban J connectivity index is 2.20. The SMILES string of the molecule is CN(C)C=Nc1ncc(-c2ccc([N+](=O)[O-])cc2)s1. The van der Waals surface area contributed by atoms with Crippen molar-refractivity contribution in [2.45, 2.75) is 0 Å². The van der Waals surface area contributed by atoms with Gasteiger partial charge in [0, 0.05) is 32.4 Å². The van der Waals surface area contributed by atoms with Crippen LogP contribution in [-0.4, -0.2) is 35.2 Å². The number of aliphatic imine (C=N–C) groups is 1. The maximum atomic E-state index is 10.6. The molecule has 0 spiro atoms. The van der Waals surface area contributed by atoms with Gasteiger partial charge in [0.25, 0.3) is 5.69 Å². The molecule has 2 aromatic rings. The standard InChI is InChI=1S/C12H12N4O2S/c1-15(2)8-14-12-13-7-11(19-12)9-3-5-10(6-4-9)16(17)18/h3-8H,1-2H3. The molecule has 0 saturated carbocycles. The van der Waals surface area contributed by atoms with Gasteiger partial charge in [0.05, 0.1) is 16.1 Å². The van der Waals surface area contributed by atoms with Crippen LogP contribution in [0, 0.1) is 10.1 Å². The molecule has 98 valence electrons. The number of hydrogen-bond donors (Lipinski definition) is 0. The summed E-state index contributed by atoms with van der Waals surface area (Å²) in [7, 11) is 3.77. The van der Waals surface area contributed by atoms with Crippen molar-refractivity contribution in [3.8, 4) is 10.4 Å². The molecular weight excluding hydrogens is 264 g/mol. The molecule has 0 amide bonds. The van der Waals surface area contributed by atoms with Crippen molar-refractivity contribution in [2.24, 2.45) is 4.99 Å². The second-order valence-corrected chi connectivity index (χ2v) is 5.03. The van der Waals surface area contributed by atoms with Gasteiger partial charge in [-0.3, -0.25) is 10.1 Å². The first kappa shape index (κ1) is 13.2. The van der Waals surface area contributed by atoms with Crippen LogP contribution >= 0.6 is 11.3 Å². The van der Waals surface area contributed by atoms with Gasteiger partial charge in [0.2, 0.25) is 5.13 Å². The van der Waals surface area contributed by atoms with Crippen molar-refractivity contribution in [1.29, 1.82) is 0 Å². The lowest BCUT2D eigenvalue weighted by Gasteiger charge is -1.99. The molecule has 0 fully saturated rings. The molecular formula is C12H12N4O2S. The molecule has 0 unspecified atom stereocenters. The number of thiazole rings is 1. The quantitative estimate of drug-likeness (QED) is 0.372. The molecule has 1 aromatic heterocycles. The average Bonchev–Trinajstić information content (AvgIpc) is 2.85. The van der Waals surface area contributed by atoms with Gasteiger partial charge >= 0.3 is 0 Å². The lowest BCUT2D eigenvalue weighted by atomic mass is 10.2. The minimum atomic E-state index is -0.413. The third kappa shape index (κ3) is 3.35. The first-order chi connectivity index (χ1) is 9.06. The van der Waals surface area contributed by atoms with E-state index in [1.165, 1.54) is 23.5 Å². The summed E-state index contributed by atoms with van der Waals surface area (Å²) in [6.07, 6.45) is 3.40. The number of benzene rings is 1. The first-order valence-electron chi connectivity index (χ1n) is 5.47. The third-order valence-electron chi connectivity index (χ3n) is 2.26. The van der Waals surface area contributed by atoms with Crippen LogP contribution in [0.15, 0.2) is 35.5 Å². The highest BCUT2D eigenvalue weighted by atomic mass is 32.1. The zero-order valence-electron chi connectivity index (χ0n) is 10.5. The topological polar surface area (TPSA) is 71.6 Å². The van der Waals surface area contributed by atoms with Gasteiger partial charge in [-0.25, -0.2) is 9.98 Å². The molecule has 0 N–H and O–H groups in total. The summed E-state index contributed by atoms with van der Waals surface area (Å²) < 4.78 is 0. The molecule has 0 aliphatic heterocycles. The second kappa shape index (κ2) is 5.57. The van der Waals surface area contributed by atoms with E-state index in [4.69, 9.17) is 0 Å². The second-order valence-electron chi connectivity index (χ2n) is 4.02. The lowest BCUT2D eigenvalue weighted by Crippen LogP contribution is -2.06. The summed E-state index contributed by atoms with van der Waals surface area (Å²) >= 11 is 1.44. The number of nitrogens with zero attached hydrogens (tertiary/aromatic N) is 4. The smallest absolute Gasteiger partial charge is 0.269 e. The van der Waals surface area contributed by atoms with Crippen molar-refractivity contribution < 1.29 is 4.92 Å². The van der Waals surface area contributed by atoms with Crippen molar-refractivity contribution >= 4 is 28.5 Å². The van der Waals surface area contributed by atoms with Crippen LogP contribution in [-0.2, 0) is 0 Å². The van der Waals surface area contributed by atoms with E-state index in [1.807, 2.05) is 19.0 Å². The highest BCUT2D eigenvalue weighted by Crippen LogP contribution is 2.31. The molecule has 6 nitrogen and oxygen atoms in total. The van der Waals surface area contributed by atoms with Gasteiger partial charge in [-0.1, -0.05) is 11.3 Å². The van der Waals surface area contributed by atoms with E-state index in [9.17, 15) is 10.1 Å². The summed E-state index contributed by atoms with van der Waals surface area (Å²) in [5.41, 5.74) is 0.980. The highest BCUT2D eigenvalue weighted by Gasteiger charge is 2.07. The fourth-order valence-corrected chi connectivity index (χ4v) is 2.13. The Morgan fingerprint density at radius 2 is 2.05 bits per heavy atom. The maximum Gasteiger partial charge on any atom is 0.269 e. The molecule has 0 radical (unpaired) electrons. The highest BCUT2D eigenvalue weighted by molar-refractivity contribution is 7.18. The van der Waals surface area contributed by atoms with Gasteiger partial charge in [0.1, 0.15) is 0 Å². The van der Waals surface area contributed by atoms with Gasteiger partial charge in [-0.2, -0.15) is 0 Å². The molecule has 7 heteroatoms. The summed E-state index contributed by atoms with van der Waals surface area (Å²) in [5, 5.41) is 11.2. The summed E-state index contributed by atoms with van der Waals surface area (Å²) in [6.45, 7) is 0. The van der Waals surface area contributed by atoms with Crippen molar-refractivity contribution in [2.75, 3.05) is 14.1 Å². The largest absolute Gasteiger partial charge is 0.369 e. The molecule has 0 bridgehead atoms. The minimum Gasteiger partial charge on any atom is -0.369 e. The Bertz CT molecular complexity index is 604. The Morgan fingerprint density at radius 1 is 1.37 bits per heavy atom. The zero-order chi connectivity index (χ0) is 13.8. The molecule has 0 aliphatic rings. The average molecular weight is 276 g/mol. The van der Waals surface area contributed by atoms with Crippen LogP contribution in [0.1, 0.15) is 0 Å². The van der Waals surface area contributed by atoms with Crippen LogP contribution in [0.3, 0.4) is 0 Å². The Labute approximate surface area is 114 Å². The Hall–Kier alpha value is -2.28. The molecule has 19 heavy (non-hydrogen) atoms. The monoisotopic (exact) mass is 276 g/mol. The van der Waals surface area contributed by atoms with Crippen LogP contribution in [0.5, 0.6) is 0 Å². The lowest BCUT2D eigenvalue weighted by molar-refractivity contribution is -0.384. The Morgan fingerprint density at radius 3 is 2.63 bits per heavy atom.